The molecule has 0 saturated carbocycles. The van der Waals surface area contributed by atoms with E-state index in [0.717, 1.165) is 5.69 Å². The SMILES string of the molecule is Oc1ccc(Cl)cc1-c1nc(-c2cc(Cl)ccc2O)n(Cc2ccccn2)n1. The van der Waals surface area contributed by atoms with Crippen molar-refractivity contribution in [1.29, 1.82) is 0 Å². The van der Waals surface area contributed by atoms with Crippen LogP contribution in [0.4, 0.5) is 0 Å². The van der Waals surface area contributed by atoms with Gasteiger partial charge < -0.3 is 10.2 Å². The first-order valence-corrected chi connectivity index (χ1v) is 9.09. The molecule has 2 aromatic heterocycles. The minimum atomic E-state index is 0.00116. The lowest BCUT2D eigenvalue weighted by molar-refractivity contribution is 0.475. The molecule has 0 atom stereocenters. The Morgan fingerprint density at radius 2 is 1.54 bits per heavy atom. The second-order valence-electron chi connectivity index (χ2n) is 6.06. The van der Waals surface area contributed by atoms with Crippen molar-refractivity contribution in [1.82, 2.24) is 19.7 Å². The number of hydrogen-bond donors (Lipinski definition) is 2. The highest BCUT2D eigenvalue weighted by Gasteiger charge is 2.19. The monoisotopic (exact) mass is 412 g/mol. The zero-order valence-electron chi connectivity index (χ0n) is 14.4. The highest BCUT2D eigenvalue weighted by molar-refractivity contribution is 6.31. The zero-order valence-corrected chi connectivity index (χ0v) is 15.9. The van der Waals surface area contributed by atoms with Crippen LogP contribution >= 0.6 is 23.2 Å². The van der Waals surface area contributed by atoms with Crippen LogP contribution in [-0.4, -0.2) is 30.0 Å². The van der Waals surface area contributed by atoms with Crippen LogP contribution in [0, 0.1) is 0 Å². The van der Waals surface area contributed by atoms with Crippen LogP contribution in [0.15, 0.2) is 60.8 Å². The van der Waals surface area contributed by atoms with E-state index in [4.69, 9.17) is 23.2 Å². The van der Waals surface area contributed by atoms with Gasteiger partial charge in [-0.2, -0.15) is 0 Å². The number of rotatable bonds is 4. The molecule has 0 unspecified atom stereocenters. The number of nitrogens with zero attached hydrogens (tertiary/aromatic N) is 4. The van der Waals surface area contributed by atoms with Crippen molar-refractivity contribution >= 4 is 23.2 Å². The van der Waals surface area contributed by atoms with Gasteiger partial charge in [0.25, 0.3) is 0 Å². The molecular weight excluding hydrogens is 399 g/mol. The van der Waals surface area contributed by atoms with Gasteiger partial charge in [0, 0.05) is 16.2 Å². The van der Waals surface area contributed by atoms with E-state index in [-0.39, 0.29) is 17.3 Å². The van der Waals surface area contributed by atoms with E-state index in [1.54, 1.807) is 35.1 Å². The quantitative estimate of drug-likeness (QED) is 0.504. The maximum Gasteiger partial charge on any atom is 0.185 e. The number of phenols is 2. The molecule has 4 aromatic rings. The van der Waals surface area contributed by atoms with Gasteiger partial charge in [-0.15, -0.1) is 5.10 Å². The number of aromatic nitrogens is 4. The Balaban J connectivity index is 1.89. The van der Waals surface area contributed by atoms with Crippen molar-refractivity contribution in [3.63, 3.8) is 0 Å². The molecule has 2 aromatic carbocycles. The first-order valence-electron chi connectivity index (χ1n) is 8.34. The molecule has 0 amide bonds. The summed E-state index contributed by atoms with van der Waals surface area (Å²) in [6.45, 7) is 0.316. The third-order valence-electron chi connectivity index (χ3n) is 4.11. The molecule has 140 valence electrons. The maximum atomic E-state index is 10.3. The Kier molecular flexibility index (Phi) is 4.90. The molecule has 28 heavy (non-hydrogen) atoms. The number of benzene rings is 2. The third-order valence-corrected chi connectivity index (χ3v) is 4.58. The van der Waals surface area contributed by atoms with Crippen LogP contribution in [-0.2, 0) is 6.54 Å². The molecule has 0 aliphatic carbocycles. The highest BCUT2D eigenvalue weighted by atomic mass is 35.5. The van der Waals surface area contributed by atoms with Crippen molar-refractivity contribution in [2.45, 2.75) is 6.54 Å². The molecule has 0 bridgehead atoms. The van der Waals surface area contributed by atoms with Crippen LogP contribution in [0.25, 0.3) is 22.8 Å². The molecule has 0 saturated heterocycles. The summed E-state index contributed by atoms with van der Waals surface area (Å²) in [5.74, 6) is 0.674. The number of hydrogen-bond acceptors (Lipinski definition) is 5. The minimum Gasteiger partial charge on any atom is -0.507 e. The molecule has 2 heterocycles. The fraction of sp³-hybridized carbons (Fsp3) is 0.0500. The van der Waals surface area contributed by atoms with Crippen molar-refractivity contribution in [2.75, 3.05) is 0 Å². The van der Waals surface area contributed by atoms with Gasteiger partial charge in [-0.25, -0.2) is 9.67 Å². The Hall–Kier alpha value is -3.09. The lowest BCUT2D eigenvalue weighted by Crippen LogP contribution is -2.05. The Morgan fingerprint density at radius 1 is 0.857 bits per heavy atom. The van der Waals surface area contributed by atoms with Crippen molar-refractivity contribution in [3.8, 4) is 34.3 Å². The third kappa shape index (κ3) is 3.65. The predicted molar refractivity (Wildman–Crippen MR) is 108 cm³/mol. The van der Waals surface area contributed by atoms with Gasteiger partial charge in [-0.1, -0.05) is 29.3 Å². The Labute approximate surface area is 170 Å². The number of halogens is 2. The maximum absolute atomic E-state index is 10.3. The lowest BCUT2D eigenvalue weighted by Gasteiger charge is -2.07. The van der Waals surface area contributed by atoms with Crippen LogP contribution in [0.5, 0.6) is 11.5 Å². The normalized spacial score (nSPS) is 10.9. The van der Waals surface area contributed by atoms with Gasteiger partial charge in [-0.05, 0) is 48.5 Å². The number of phenolic OH excluding ortho intramolecular Hbond substituents is 2. The summed E-state index contributed by atoms with van der Waals surface area (Å²) in [6.07, 6.45) is 1.69. The average Bonchev–Trinajstić information content (AvgIpc) is 3.09. The van der Waals surface area contributed by atoms with E-state index in [1.165, 1.54) is 12.1 Å². The molecule has 2 N–H and O–H groups in total. The van der Waals surface area contributed by atoms with Gasteiger partial charge in [0.2, 0.25) is 0 Å². The number of aromatic hydroxyl groups is 2. The fourth-order valence-electron chi connectivity index (χ4n) is 2.79. The summed E-state index contributed by atoms with van der Waals surface area (Å²) in [5, 5.41) is 26.0. The predicted octanol–water partition coefficient (Wildman–Crippen LogP) is 4.77. The van der Waals surface area contributed by atoms with Crippen molar-refractivity contribution < 1.29 is 10.2 Å². The van der Waals surface area contributed by atoms with E-state index >= 15 is 0 Å². The zero-order chi connectivity index (χ0) is 19.7. The van der Waals surface area contributed by atoms with Crippen molar-refractivity contribution in [2.24, 2.45) is 0 Å². The summed E-state index contributed by atoms with van der Waals surface area (Å²) < 4.78 is 1.60. The van der Waals surface area contributed by atoms with Gasteiger partial charge in [0.1, 0.15) is 11.5 Å². The van der Waals surface area contributed by atoms with Gasteiger partial charge in [-0.3, -0.25) is 4.98 Å². The summed E-state index contributed by atoms with van der Waals surface area (Å²) in [5.41, 5.74) is 1.57. The van der Waals surface area contributed by atoms with Gasteiger partial charge >= 0.3 is 0 Å². The van der Waals surface area contributed by atoms with Gasteiger partial charge in [0.05, 0.1) is 23.4 Å². The molecular formula is C20H14Cl2N4O2. The van der Waals surface area contributed by atoms with Crippen LogP contribution < -0.4 is 0 Å². The molecule has 0 aliphatic heterocycles. The van der Waals surface area contributed by atoms with E-state index in [1.807, 2.05) is 18.2 Å². The van der Waals surface area contributed by atoms with E-state index in [2.05, 4.69) is 15.1 Å². The summed E-state index contributed by atoms with van der Waals surface area (Å²) in [4.78, 5) is 8.85. The summed E-state index contributed by atoms with van der Waals surface area (Å²) in [7, 11) is 0. The summed E-state index contributed by atoms with van der Waals surface area (Å²) in [6, 6.07) is 14.9. The van der Waals surface area contributed by atoms with E-state index in [0.29, 0.717) is 33.5 Å². The van der Waals surface area contributed by atoms with E-state index < -0.39 is 0 Å². The Bertz CT molecular complexity index is 1150. The molecule has 4 rings (SSSR count). The van der Waals surface area contributed by atoms with Crippen LogP contribution in [0.1, 0.15) is 5.69 Å². The topological polar surface area (TPSA) is 84.1 Å². The largest absolute Gasteiger partial charge is 0.507 e. The molecule has 0 spiro atoms. The van der Waals surface area contributed by atoms with Gasteiger partial charge in [0.15, 0.2) is 11.6 Å². The molecule has 8 heteroatoms. The smallest absolute Gasteiger partial charge is 0.185 e. The molecule has 0 fully saturated rings. The minimum absolute atomic E-state index is 0.00116. The molecule has 0 radical (unpaired) electrons. The lowest BCUT2D eigenvalue weighted by atomic mass is 10.1. The summed E-state index contributed by atoms with van der Waals surface area (Å²) >= 11 is 12.2. The fourth-order valence-corrected chi connectivity index (χ4v) is 3.13. The standard InChI is InChI=1S/C20H14Cl2N4O2/c21-12-4-6-17(27)15(9-12)19-24-20(16-10-13(22)5-7-18(16)28)26(25-19)11-14-3-1-2-8-23-14/h1-10,27-28H,11H2. The number of pyridine rings is 1. The highest BCUT2D eigenvalue weighted by Crippen LogP contribution is 2.35. The van der Waals surface area contributed by atoms with Crippen molar-refractivity contribution in [3.05, 3.63) is 76.5 Å². The van der Waals surface area contributed by atoms with Crippen LogP contribution in [0.3, 0.4) is 0 Å². The second-order valence-corrected chi connectivity index (χ2v) is 6.93. The molecule has 6 nitrogen and oxygen atoms in total. The van der Waals surface area contributed by atoms with Crippen LogP contribution in [0.2, 0.25) is 10.0 Å². The Morgan fingerprint density at radius 3 is 2.21 bits per heavy atom. The molecule has 0 aliphatic rings. The first kappa shape index (κ1) is 18.3. The van der Waals surface area contributed by atoms with E-state index in [9.17, 15) is 10.2 Å². The first-order chi connectivity index (χ1) is 13.5. The second kappa shape index (κ2) is 7.50. The average molecular weight is 413 g/mol.